The van der Waals surface area contributed by atoms with Crippen LogP contribution in [0.15, 0.2) is 12.3 Å². The van der Waals surface area contributed by atoms with Crippen molar-refractivity contribution in [3.8, 4) is 5.75 Å². The second-order valence-electron chi connectivity index (χ2n) is 2.69. The van der Waals surface area contributed by atoms with Gasteiger partial charge < -0.3 is 14.8 Å². The predicted molar refractivity (Wildman–Crippen MR) is 43.5 cm³/mol. The van der Waals surface area contributed by atoms with Crippen molar-refractivity contribution in [3.63, 3.8) is 0 Å². The minimum Gasteiger partial charge on any atom is -0.488 e. The highest BCUT2D eigenvalue weighted by atomic mass is 16.5. The molecule has 4 nitrogen and oxygen atoms in total. The summed E-state index contributed by atoms with van der Waals surface area (Å²) in [6.45, 7) is 3.69. The summed E-state index contributed by atoms with van der Waals surface area (Å²) in [4.78, 5) is 13.1. The van der Waals surface area contributed by atoms with Crippen LogP contribution in [0.2, 0.25) is 0 Å². The van der Waals surface area contributed by atoms with Gasteiger partial charge in [0, 0.05) is 6.20 Å². The molecule has 0 atom stereocenters. The minimum absolute atomic E-state index is 0.0149. The molecule has 0 aliphatic heterocycles. The number of hydrogen-bond acceptors (Lipinski definition) is 2. The lowest BCUT2D eigenvalue weighted by Crippen LogP contribution is -2.08. The summed E-state index contributed by atoms with van der Waals surface area (Å²) in [6.07, 6.45) is 1.53. The summed E-state index contributed by atoms with van der Waals surface area (Å²) in [5.74, 6) is -0.617. The summed E-state index contributed by atoms with van der Waals surface area (Å²) in [7, 11) is 0. The maximum atomic E-state index is 10.6. The van der Waals surface area contributed by atoms with Crippen molar-refractivity contribution >= 4 is 5.97 Å². The van der Waals surface area contributed by atoms with E-state index >= 15 is 0 Å². The van der Waals surface area contributed by atoms with Gasteiger partial charge in [-0.25, -0.2) is 4.79 Å². The van der Waals surface area contributed by atoms with Crippen molar-refractivity contribution in [1.29, 1.82) is 0 Å². The fourth-order valence-electron chi connectivity index (χ4n) is 0.874. The Morgan fingerprint density at radius 3 is 2.83 bits per heavy atom. The molecule has 4 heteroatoms. The zero-order valence-corrected chi connectivity index (χ0v) is 7.00. The number of hydrogen-bond donors (Lipinski definition) is 2. The molecule has 0 fully saturated rings. The van der Waals surface area contributed by atoms with Crippen molar-refractivity contribution in [3.05, 3.63) is 18.0 Å². The van der Waals surface area contributed by atoms with Gasteiger partial charge in [0.1, 0.15) is 0 Å². The van der Waals surface area contributed by atoms with E-state index in [2.05, 4.69) is 4.98 Å². The summed E-state index contributed by atoms with van der Waals surface area (Å²) < 4.78 is 5.23. The number of aromatic amines is 1. The molecule has 0 radical (unpaired) electrons. The highest BCUT2D eigenvalue weighted by Crippen LogP contribution is 2.17. The van der Waals surface area contributed by atoms with Crippen LogP contribution in [0.1, 0.15) is 24.3 Å². The van der Waals surface area contributed by atoms with E-state index in [0.717, 1.165) is 0 Å². The Hall–Kier alpha value is -1.45. The zero-order chi connectivity index (χ0) is 9.14. The monoisotopic (exact) mass is 169 g/mol. The molecule has 0 bridgehead atoms. The molecule has 1 aromatic rings. The second-order valence-corrected chi connectivity index (χ2v) is 2.69. The van der Waals surface area contributed by atoms with Gasteiger partial charge in [0.25, 0.3) is 0 Å². The maximum absolute atomic E-state index is 10.6. The second kappa shape index (κ2) is 3.30. The van der Waals surface area contributed by atoms with Crippen LogP contribution in [0, 0.1) is 0 Å². The molecule has 1 aromatic heterocycles. The minimum atomic E-state index is -1.00. The predicted octanol–water partition coefficient (Wildman–Crippen LogP) is 1.50. The van der Waals surface area contributed by atoms with Gasteiger partial charge in [-0.15, -0.1) is 0 Å². The van der Waals surface area contributed by atoms with Gasteiger partial charge in [0.15, 0.2) is 11.4 Å². The normalized spacial score (nSPS) is 10.2. The zero-order valence-electron chi connectivity index (χ0n) is 7.00. The molecule has 1 heterocycles. The lowest BCUT2D eigenvalue weighted by atomic mass is 10.4. The molecule has 0 saturated heterocycles. The van der Waals surface area contributed by atoms with E-state index in [0.29, 0.717) is 5.75 Å². The SMILES string of the molecule is CC(C)Oc1cc[nH]c1C(=O)O. The number of carboxylic acids is 1. The first-order valence-corrected chi connectivity index (χ1v) is 3.68. The van der Waals surface area contributed by atoms with Crippen LogP contribution in [0.3, 0.4) is 0 Å². The van der Waals surface area contributed by atoms with Gasteiger partial charge in [0.05, 0.1) is 6.10 Å². The Labute approximate surface area is 70.2 Å². The van der Waals surface area contributed by atoms with E-state index in [9.17, 15) is 4.79 Å². The molecule has 12 heavy (non-hydrogen) atoms. The molecule has 0 amide bonds. The molecular weight excluding hydrogens is 158 g/mol. The first-order valence-electron chi connectivity index (χ1n) is 3.68. The molecule has 1 rings (SSSR count). The Morgan fingerprint density at radius 1 is 1.67 bits per heavy atom. The molecule has 0 aliphatic rings. The van der Waals surface area contributed by atoms with E-state index in [1.807, 2.05) is 13.8 Å². The van der Waals surface area contributed by atoms with Crippen molar-refractivity contribution in [2.24, 2.45) is 0 Å². The standard InChI is InChI=1S/C8H11NO3/c1-5(2)12-6-3-4-9-7(6)8(10)11/h3-5,9H,1-2H3,(H,10,11). The molecule has 2 N–H and O–H groups in total. The van der Waals surface area contributed by atoms with Crippen molar-refractivity contribution in [2.45, 2.75) is 20.0 Å². The van der Waals surface area contributed by atoms with Crippen molar-refractivity contribution in [2.75, 3.05) is 0 Å². The quantitative estimate of drug-likeness (QED) is 0.720. The third-order valence-electron chi connectivity index (χ3n) is 1.29. The van der Waals surface area contributed by atoms with Crippen LogP contribution in [0.4, 0.5) is 0 Å². The Bertz CT molecular complexity index is 278. The van der Waals surface area contributed by atoms with Gasteiger partial charge in [-0.05, 0) is 19.9 Å². The topological polar surface area (TPSA) is 62.3 Å². The van der Waals surface area contributed by atoms with Crippen LogP contribution >= 0.6 is 0 Å². The van der Waals surface area contributed by atoms with Crippen LogP contribution in [0.5, 0.6) is 5.75 Å². The van der Waals surface area contributed by atoms with E-state index in [1.165, 1.54) is 0 Å². The van der Waals surface area contributed by atoms with E-state index in [-0.39, 0.29) is 11.8 Å². The first kappa shape index (κ1) is 8.64. The largest absolute Gasteiger partial charge is 0.488 e. The van der Waals surface area contributed by atoms with Gasteiger partial charge in [-0.2, -0.15) is 0 Å². The Balaban J connectivity index is 2.84. The van der Waals surface area contributed by atoms with Gasteiger partial charge >= 0.3 is 5.97 Å². The number of rotatable bonds is 3. The average molecular weight is 169 g/mol. The fourth-order valence-corrected chi connectivity index (χ4v) is 0.874. The van der Waals surface area contributed by atoms with Crippen LogP contribution in [-0.2, 0) is 0 Å². The molecule has 0 aliphatic carbocycles. The van der Waals surface area contributed by atoms with Crippen LogP contribution in [-0.4, -0.2) is 22.2 Å². The molecular formula is C8H11NO3. The van der Waals surface area contributed by atoms with Gasteiger partial charge in [-0.1, -0.05) is 0 Å². The van der Waals surface area contributed by atoms with E-state index in [4.69, 9.17) is 9.84 Å². The lowest BCUT2D eigenvalue weighted by Gasteiger charge is -2.07. The summed E-state index contributed by atoms with van der Waals surface area (Å²) >= 11 is 0. The number of carbonyl (C=O) groups is 1. The van der Waals surface area contributed by atoms with Gasteiger partial charge in [0.2, 0.25) is 0 Å². The Morgan fingerprint density at radius 2 is 2.33 bits per heavy atom. The number of aromatic carboxylic acids is 1. The number of ether oxygens (including phenoxy) is 1. The van der Waals surface area contributed by atoms with Crippen molar-refractivity contribution < 1.29 is 14.6 Å². The lowest BCUT2D eigenvalue weighted by molar-refractivity contribution is 0.0685. The fraction of sp³-hybridized carbons (Fsp3) is 0.375. The summed E-state index contributed by atoms with van der Waals surface area (Å²) in [5, 5.41) is 8.66. The summed E-state index contributed by atoms with van der Waals surface area (Å²) in [6, 6.07) is 1.60. The number of carboxylic acid groups (broad SMARTS) is 1. The Kier molecular flexibility index (Phi) is 2.38. The maximum Gasteiger partial charge on any atom is 0.356 e. The third kappa shape index (κ3) is 1.78. The van der Waals surface area contributed by atoms with Crippen molar-refractivity contribution in [1.82, 2.24) is 4.98 Å². The number of H-pyrrole nitrogens is 1. The molecule has 0 aromatic carbocycles. The van der Waals surface area contributed by atoms with Gasteiger partial charge in [-0.3, -0.25) is 0 Å². The third-order valence-corrected chi connectivity index (χ3v) is 1.29. The van der Waals surface area contributed by atoms with E-state index in [1.54, 1.807) is 12.3 Å². The smallest absolute Gasteiger partial charge is 0.356 e. The highest BCUT2D eigenvalue weighted by Gasteiger charge is 2.12. The molecule has 66 valence electrons. The first-order chi connectivity index (χ1) is 5.61. The summed E-state index contributed by atoms with van der Waals surface area (Å²) in [5.41, 5.74) is 0.101. The number of aromatic nitrogens is 1. The van der Waals surface area contributed by atoms with Crippen LogP contribution < -0.4 is 4.74 Å². The average Bonchev–Trinajstić information content (AvgIpc) is 2.33. The highest BCUT2D eigenvalue weighted by molar-refractivity contribution is 5.88. The molecule has 0 spiro atoms. The van der Waals surface area contributed by atoms with E-state index < -0.39 is 5.97 Å². The number of nitrogens with one attached hydrogen (secondary N) is 1. The molecule has 0 saturated carbocycles. The van der Waals surface area contributed by atoms with Crippen LogP contribution in [0.25, 0.3) is 0 Å². The molecule has 0 unspecified atom stereocenters.